The lowest BCUT2D eigenvalue weighted by molar-refractivity contribution is 0.434. The normalized spacial score (nSPS) is 13.0. The van der Waals surface area contributed by atoms with Gasteiger partial charge in [0.2, 0.25) is 0 Å². The lowest BCUT2D eigenvalue weighted by Gasteiger charge is -2.21. The van der Waals surface area contributed by atoms with Gasteiger partial charge < -0.3 is 5.11 Å². The van der Waals surface area contributed by atoms with Gasteiger partial charge >= 0.3 is 0 Å². The van der Waals surface area contributed by atoms with Crippen molar-refractivity contribution in [2.24, 2.45) is 0 Å². The molecule has 8 rings (SSSR count). The molecule has 0 bridgehead atoms. The van der Waals surface area contributed by atoms with Crippen molar-refractivity contribution in [3.8, 4) is 28.1 Å². The summed E-state index contributed by atoms with van der Waals surface area (Å²) in [5.41, 5.74) is 10.7. The molecule has 0 saturated carbocycles. The molecule has 1 aliphatic rings. The van der Waals surface area contributed by atoms with E-state index in [9.17, 15) is 9.50 Å². The van der Waals surface area contributed by atoms with Crippen LogP contribution < -0.4 is 0 Å². The average Bonchev–Trinajstić information content (AvgIpc) is 3.08. The van der Waals surface area contributed by atoms with Crippen LogP contribution in [-0.2, 0) is 25.7 Å². The third-order valence-electron chi connectivity index (χ3n) is 9.70. The number of halogens is 1. The fourth-order valence-corrected chi connectivity index (χ4v) is 7.45. The molecule has 0 aliphatic heterocycles. The third kappa shape index (κ3) is 4.75. The first-order chi connectivity index (χ1) is 22.1. The zero-order chi connectivity index (χ0) is 30.5. The number of fused-ring (bicyclic) bond motifs is 6. The van der Waals surface area contributed by atoms with Gasteiger partial charge in [-0.2, -0.15) is 0 Å². The Balaban J connectivity index is 1.41. The lowest BCUT2D eigenvalue weighted by Crippen LogP contribution is -2.03. The van der Waals surface area contributed by atoms with Crippen molar-refractivity contribution < 1.29 is 9.50 Å². The minimum Gasteiger partial charge on any atom is -0.504 e. The number of hydrogen-bond acceptors (Lipinski definition) is 2. The number of rotatable bonds is 5. The quantitative estimate of drug-likeness (QED) is 0.203. The molecule has 0 saturated heterocycles. The van der Waals surface area contributed by atoms with Crippen molar-refractivity contribution in [2.75, 3.05) is 0 Å². The summed E-state index contributed by atoms with van der Waals surface area (Å²) in [6, 6.07) is 37.4. The molecule has 7 aromatic rings. The molecular formula is C42H34FNO. The van der Waals surface area contributed by atoms with E-state index < -0.39 is 5.82 Å². The van der Waals surface area contributed by atoms with Crippen LogP contribution in [0.4, 0.5) is 4.39 Å². The fraction of sp³-hybridized carbons (Fsp3) is 0.167. The Labute approximate surface area is 262 Å². The number of aromatic hydroxyl groups is 1. The predicted molar refractivity (Wildman–Crippen MR) is 184 cm³/mol. The second-order valence-electron chi connectivity index (χ2n) is 12.4. The number of phenolic OH excluding ortho intramolecular Hbond substituents is 1. The van der Waals surface area contributed by atoms with E-state index in [0.29, 0.717) is 17.7 Å². The second-order valence-corrected chi connectivity index (χ2v) is 12.4. The summed E-state index contributed by atoms with van der Waals surface area (Å²) in [5, 5.41) is 17.1. The van der Waals surface area contributed by atoms with Gasteiger partial charge in [0.1, 0.15) is 0 Å². The molecule has 1 heterocycles. The maximum atomic E-state index is 14.6. The summed E-state index contributed by atoms with van der Waals surface area (Å²) in [4.78, 5) is 5.17. The number of aromatic nitrogens is 1. The van der Waals surface area contributed by atoms with Gasteiger partial charge in [-0.15, -0.1) is 0 Å². The van der Waals surface area contributed by atoms with E-state index in [1.54, 1.807) is 12.1 Å². The highest BCUT2D eigenvalue weighted by Crippen LogP contribution is 2.43. The van der Waals surface area contributed by atoms with E-state index in [4.69, 9.17) is 4.98 Å². The van der Waals surface area contributed by atoms with Crippen LogP contribution in [0.2, 0.25) is 0 Å². The molecule has 1 aliphatic carbocycles. The molecule has 6 aromatic carbocycles. The highest BCUT2D eigenvalue weighted by atomic mass is 19.1. The molecule has 1 N–H and O–H groups in total. The van der Waals surface area contributed by atoms with Crippen molar-refractivity contribution >= 4 is 32.4 Å². The summed E-state index contributed by atoms with van der Waals surface area (Å²) in [6.45, 7) is 2.18. The number of hydrogen-bond donors (Lipinski definition) is 1. The lowest BCUT2D eigenvalue weighted by atomic mass is 9.83. The molecule has 220 valence electrons. The third-order valence-corrected chi connectivity index (χ3v) is 9.70. The van der Waals surface area contributed by atoms with E-state index >= 15 is 0 Å². The Morgan fingerprint density at radius 1 is 0.667 bits per heavy atom. The van der Waals surface area contributed by atoms with Crippen LogP contribution in [-0.4, -0.2) is 10.1 Å². The fourth-order valence-electron chi connectivity index (χ4n) is 7.45. The van der Waals surface area contributed by atoms with Gasteiger partial charge in [-0.1, -0.05) is 78.9 Å². The van der Waals surface area contributed by atoms with E-state index in [1.807, 2.05) is 6.07 Å². The number of phenols is 1. The summed E-state index contributed by atoms with van der Waals surface area (Å²) >= 11 is 0. The van der Waals surface area contributed by atoms with Crippen LogP contribution in [0.3, 0.4) is 0 Å². The van der Waals surface area contributed by atoms with Gasteiger partial charge in [-0.25, -0.2) is 9.37 Å². The molecule has 0 amide bonds. The minimum atomic E-state index is -0.640. The van der Waals surface area contributed by atoms with Crippen molar-refractivity contribution in [2.45, 2.75) is 45.4 Å². The number of pyridine rings is 1. The van der Waals surface area contributed by atoms with Gasteiger partial charge in [0.15, 0.2) is 11.6 Å². The van der Waals surface area contributed by atoms with E-state index in [2.05, 4.69) is 91.9 Å². The first-order valence-corrected chi connectivity index (χ1v) is 16.0. The average molecular weight is 588 g/mol. The highest BCUT2D eigenvalue weighted by molar-refractivity contribution is 6.17. The van der Waals surface area contributed by atoms with Crippen LogP contribution in [0.1, 0.15) is 40.7 Å². The molecule has 3 heteroatoms. The van der Waals surface area contributed by atoms with Crippen LogP contribution in [0, 0.1) is 12.7 Å². The Hall–Kier alpha value is -5.02. The molecule has 0 atom stereocenters. The maximum Gasteiger partial charge on any atom is 0.165 e. The molecule has 0 fully saturated rings. The molecule has 2 nitrogen and oxygen atoms in total. The summed E-state index contributed by atoms with van der Waals surface area (Å²) in [6.07, 6.45) is 6.25. The Morgan fingerprint density at radius 2 is 1.44 bits per heavy atom. The van der Waals surface area contributed by atoms with E-state index in [1.165, 1.54) is 73.8 Å². The van der Waals surface area contributed by atoms with Crippen molar-refractivity contribution in [1.82, 2.24) is 4.98 Å². The molecule has 0 radical (unpaired) electrons. The van der Waals surface area contributed by atoms with Crippen molar-refractivity contribution in [3.63, 3.8) is 0 Å². The Bertz CT molecular complexity index is 2250. The molecular weight excluding hydrogens is 553 g/mol. The van der Waals surface area contributed by atoms with Crippen molar-refractivity contribution in [1.29, 1.82) is 0 Å². The highest BCUT2D eigenvalue weighted by Gasteiger charge is 2.21. The van der Waals surface area contributed by atoms with Gasteiger partial charge in [0.05, 0.1) is 11.2 Å². The van der Waals surface area contributed by atoms with Crippen LogP contribution in [0.25, 0.3) is 54.8 Å². The largest absolute Gasteiger partial charge is 0.504 e. The number of para-hydroxylation sites is 1. The SMILES string of the molecule is Cc1ccc2nc(-c3cccc(F)c3O)c(CCc3ccccc3)cc2c1-c1cc2c3c(ccc2c2ccccc12)CCCC3. The van der Waals surface area contributed by atoms with Gasteiger partial charge in [-0.3, -0.25) is 0 Å². The Kier molecular flexibility index (Phi) is 6.83. The predicted octanol–water partition coefficient (Wildman–Crippen LogP) is 10.7. The zero-order valence-electron chi connectivity index (χ0n) is 25.4. The minimum absolute atomic E-state index is 0.358. The molecule has 1 aromatic heterocycles. The van der Waals surface area contributed by atoms with Gasteiger partial charge in [-0.05, 0) is 136 Å². The summed E-state index contributed by atoms with van der Waals surface area (Å²) in [5.74, 6) is -0.998. The monoisotopic (exact) mass is 587 g/mol. The van der Waals surface area contributed by atoms with Crippen LogP contribution in [0.5, 0.6) is 5.75 Å². The second kappa shape index (κ2) is 11.2. The van der Waals surface area contributed by atoms with Crippen LogP contribution >= 0.6 is 0 Å². The van der Waals surface area contributed by atoms with Crippen LogP contribution in [0.15, 0.2) is 109 Å². The van der Waals surface area contributed by atoms with Gasteiger partial charge in [0, 0.05) is 10.9 Å². The first-order valence-electron chi connectivity index (χ1n) is 16.0. The topological polar surface area (TPSA) is 33.1 Å². The number of nitrogens with zero attached hydrogens (tertiary/aromatic N) is 1. The number of benzene rings is 6. The molecule has 0 unspecified atom stereocenters. The summed E-state index contributed by atoms with van der Waals surface area (Å²) in [7, 11) is 0. The molecule has 0 spiro atoms. The Morgan fingerprint density at radius 3 is 2.31 bits per heavy atom. The number of aryl methyl sites for hydroxylation is 5. The van der Waals surface area contributed by atoms with Crippen molar-refractivity contribution in [3.05, 3.63) is 143 Å². The van der Waals surface area contributed by atoms with Gasteiger partial charge in [0.25, 0.3) is 0 Å². The zero-order valence-corrected chi connectivity index (χ0v) is 25.4. The maximum absolute atomic E-state index is 14.6. The summed E-state index contributed by atoms with van der Waals surface area (Å²) < 4.78 is 14.6. The first kappa shape index (κ1) is 27.5. The van der Waals surface area contributed by atoms with E-state index in [-0.39, 0.29) is 5.75 Å². The van der Waals surface area contributed by atoms with E-state index in [0.717, 1.165) is 35.7 Å². The standard InChI is InChI=1S/C42H34FNO/c1-26-18-23-39-37(24-29(20-19-27-10-3-2-4-11-27)41(44-39)34-16-9-17-38(43)42(34)45)40(26)36-25-35-30-13-6-5-12-28(30)21-22-33(35)31-14-7-8-15-32(31)36/h2-4,7-11,14-18,21-25,45H,5-6,12-13,19-20H2,1H3. The smallest absolute Gasteiger partial charge is 0.165 e. The molecule has 45 heavy (non-hydrogen) atoms.